The summed E-state index contributed by atoms with van der Waals surface area (Å²) in [6.07, 6.45) is 0.763. The van der Waals surface area contributed by atoms with Crippen LogP contribution in [0.25, 0.3) is 0 Å². The lowest BCUT2D eigenvalue weighted by molar-refractivity contribution is -0.137. The third-order valence-electron chi connectivity index (χ3n) is 1.05. The van der Waals surface area contributed by atoms with Crippen molar-refractivity contribution < 1.29 is 14.7 Å². The van der Waals surface area contributed by atoms with Crippen LogP contribution >= 0.6 is 11.8 Å². The van der Waals surface area contributed by atoms with Crippen molar-refractivity contribution in [1.82, 2.24) is 0 Å². The summed E-state index contributed by atoms with van der Waals surface area (Å²) in [6.45, 7) is 1.70. The minimum atomic E-state index is -1.03. The minimum Gasteiger partial charge on any atom is -0.480 e. The Balaban J connectivity index is 3.53. The fraction of sp³-hybridized carbons (Fsp3) is 0.667. The van der Waals surface area contributed by atoms with Crippen LogP contribution in [0.1, 0.15) is 6.92 Å². The van der Waals surface area contributed by atoms with E-state index in [-0.39, 0.29) is 11.0 Å². The molecule has 11 heavy (non-hydrogen) atoms. The van der Waals surface area contributed by atoms with Crippen LogP contribution in [-0.4, -0.2) is 34.4 Å². The first-order chi connectivity index (χ1) is 5.07. The Kier molecular flexibility index (Phi) is 4.89. The Morgan fingerprint density at radius 3 is 2.73 bits per heavy atom. The molecule has 0 saturated heterocycles. The highest BCUT2D eigenvalue weighted by atomic mass is 32.2. The van der Waals surface area contributed by atoms with Crippen molar-refractivity contribution in [2.24, 2.45) is 5.73 Å². The van der Waals surface area contributed by atoms with Crippen LogP contribution in [0.3, 0.4) is 0 Å². The summed E-state index contributed by atoms with van der Waals surface area (Å²) in [5, 5.41) is 8.16. The zero-order valence-electron chi connectivity index (χ0n) is 6.19. The summed E-state index contributed by atoms with van der Waals surface area (Å²) >= 11 is 1.24. The zero-order valence-corrected chi connectivity index (χ0v) is 7.00. The van der Waals surface area contributed by atoms with Crippen LogP contribution < -0.4 is 5.73 Å². The van der Waals surface area contributed by atoms with Crippen molar-refractivity contribution in [2.75, 3.05) is 5.75 Å². The molecule has 0 aromatic carbocycles. The Bertz CT molecular complexity index is 151. The molecule has 64 valence electrons. The maximum Gasteiger partial charge on any atom is 0.321 e. The number of hydrogen-bond donors (Lipinski definition) is 2. The molecule has 0 aliphatic heterocycles. The van der Waals surface area contributed by atoms with Gasteiger partial charge in [-0.25, -0.2) is 0 Å². The second kappa shape index (κ2) is 5.15. The molecular weight excluding hydrogens is 166 g/mol. The second-order valence-electron chi connectivity index (χ2n) is 2.12. The van der Waals surface area contributed by atoms with Crippen molar-refractivity contribution in [3.63, 3.8) is 0 Å². The van der Waals surface area contributed by atoms with Gasteiger partial charge in [-0.05, 0) is 6.92 Å². The predicted octanol–water partition coefficient (Wildman–Crippen LogP) is -0.281. The number of carbonyl (C=O) groups is 2. The lowest BCUT2D eigenvalue weighted by atomic mass is 10.4. The third-order valence-corrected chi connectivity index (χ3v) is 2.24. The lowest BCUT2D eigenvalue weighted by Gasteiger charge is -2.06. The molecule has 3 N–H and O–H groups in total. The smallest absolute Gasteiger partial charge is 0.321 e. The first-order valence-electron chi connectivity index (χ1n) is 3.13. The summed E-state index contributed by atoms with van der Waals surface area (Å²) < 4.78 is 0. The fourth-order valence-corrected chi connectivity index (χ4v) is 1.10. The normalized spacial score (nSPS) is 15.5. The van der Waals surface area contributed by atoms with E-state index >= 15 is 0 Å². The van der Waals surface area contributed by atoms with Gasteiger partial charge in [-0.3, -0.25) is 4.79 Å². The van der Waals surface area contributed by atoms with Gasteiger partial charge in [0.25, 0.3) is 0 Å². The summed E-state index contributed by atoms with van der Waals surface area (Å²) in [4.78, 5) is 20.3. The maximum absolute atomic E-state index is 10.2. The summed E-state index contributed by atoms with van der Waals surface area (Å²) in [7, 11) is 0. The average Bonchev–Trinajstić information content (AvgIpc) is 1.99. The molecule has 0 bridgehead atoms. The van der Waals surface area contributed by atoms with Gasteiger partial charge in [-0.1, -0.05) is 0 Å². The molecule has 4 nitrogen and oxygen atoms in total. The number of carboxylic acid groups (broad SMARTS) is 1. The first kappa shape index (κ1) is 10.4. The minimum absolute atomic E-state index is 0.180. The maximum atomic E-state index is 10.2. The average molecular weight is 177 g/mol. The number of rotatable bonds is 5. The molecule has 0 rings (SSSR count). The molecule has 5 heteroatoms. The Labute approximate surface area is 69.1 Å². The van der Waals surface area contributed by atoms with Crippen molar-refractivity contribution in [2.45, 2.75) is 18.2 Å². The molecule has 0 radical (unpaired) electrons. The van der Waals surface area contributed by atoms with E-state index in [2.05, 4.69) is 0 Å². The molecule has 0 amide bonds. The number of aliphatic carboxylic acids is 1. The van der Waals surface area contributed by atoms with Gasteiger partial charge in [0.05, 0.1) is 5.25 Å². The summed E-state index contributed by atoms with van der Waals surface area (Å²) in [5.74, 6) is -0.759. The number of carboxylic acids is 1. The molecule has 0 aromatic heterocycles. The Morgan fingerprint density at radius 1 is 1.82 bits per heavy atom. The van der Waals surface area contributed by atoms with Crippen LogP contribution in [0.2, 0.25) is 0 Å². The largest absolute Gasteiger partial charge is 0.480 e. The van der Waals surface area contributed by atoms with Crippen molar-refractivity contribution in [3.05, 3.63) is 0 Å². The van der Waals surface area contributed by atoms with E-state index in [1.54, 1.807) is 6.92 Å². The predicted molar refractivity (Wildman–Crippen MR) is 43.6 cm³/mol. The van der Waals surface area contributed by atoms with Gasteiger partial charge in [-0.15, -0.1) is 11.8 Å². The van der Waals surface area contributed by atoms with E-state index in [9.17, 15) is 9.59 Å². The van der Waals surface area contributed by atoms with Gasteiger partial charge in [-0.2, -0.15) is 0 Å². The number of carbonyl (C=O) groups excluding carboxylic acids is 1. The van der Waals surface area contributed by atoms with E-state index in [0.717, 1.165) is 6.29 Å². The molecule has 2 unspecified atom stereocenters. The number of thioether (sulfide) groups is 1. The quantitative estimate of drug-likeness (QED) is 0.564. The van der Waals surface area contributed by atoms with E-state index in [0.29, 0.717) is 0 Å². The Hall–Kier alpha value is -0.550. The summed E-state index contributed by atoms with van der Waals surface area (Å²) in [6, 6.07) is -0.873. The molecule has 0 spiro atoms. The number of aldehydes is 1. The monoisotopic (exact) mass is 177 g/mol. The van der Waals surface area contributed by atoms with E-state index < -0.39 is 12.0 Å². The van der Waals surface area contributed by atoms with Gasteiger partial charge in [0.15, 0.2) is 0 Å². The van der Waals surface area contributed by atoms with Crippen LogP contribution in [0, 0.1) is 0 Å². The highest BCUT2D eigenvalue weighted by molar-refractivity contribution is 8.00. The van der Waals surface area contributed by atoms with E-state index in [1.165, 1.54) is 11.8 Å². The molecule has 0 heterocycles. The van der Waals surface area contributed by atoms with Crippen molar-refractivity contribution in [3.8, 4) is 0 Å². The zero-order chi connectivity index (χ0) is 8.85. The highest BCUT2D eigenvalue weighted by Crippen LogP contribution is 2.08. The number of nitrogens with two attached hydrogens (primary N) is 1. The summed E-state index contributed by atoms with van der Waals surface area (Å²) in [5.41, 5.74) is 5.18. The van der Waals surface area contributed by atoms with Gasteiger partial charge in [0.2, 0.25) is 0 Å². The van der Waals surface area contributed by atoms with E-state index in [1.807, 2.05) is 0 Å². The molecule has 2 atom stereocenters. The Morgan fingerprint density at radius 2 is 2.36 bits per heavy atom. The van der Waals surface area contributed by atoms with Crippen molar-refractivity contribution in [1.29, 1.82) is 0 Å². The molecule has 0 aliphatic rings. The third kappa shape index (κ3) is 4.80. The van der Waals surface area contributed by atoms with Crippen molar-refractivity contribution >= 4 is 24.0 Å². The SMILES string of the molecule is CC(C=O)SCC(N)C(=O)O. The second-order valence-corrected chi connectivity index (χ2v) is 3.53. The van der Waals surface area contributed by atoms with Gasteiger partial charge in [0, 0.05) is 5.75 Å². The lowest BCUT2D eigenvalue weighted by Crippen LogP contribution is -2.33. The first-order valence-corrected chi connectivity index (χ1v) is 4.18. The van der Waals surface area contributed by atoms with Gasteiger partial charge in [0.1, 0.15) is 12.3 Å². The highest BCUT2D eigenvalue weighted by Gasteiger charge is 2.12. The van der Waals surface area contributed by atoms with Crippen LogP contribution in [0.4, 0.5) is 0 Å². The van der Waals surface area contributed by atoms with Gasteiger partial charge >= 0.3 is 5.97 Å². The van der Waals surface area contributed by atoms with Gasteiger partial charge < -0.3 is 15.6 Å². The van der Waals surface area contributed by atoms with Crippen LogP contribution in [-0.2, 0) is 9.59 Å². The fourth-order valence-electron chi connectivity index (χ4n) is 0.366. The number of hydrogen-bond acceptors (Lipinski definition) is 4. The molecule has 0 aromatic rings. The van der Waals surface area contributed by atoms with Crippen LogP contribution in [0.5, 0.6) is 0 Å². The standard InChI is InChI=1S/C6H11NO3S/c1-4(2-8)11-3-5(7)6(9)10/h2,4-5H,3,7H2,1H3,(H,9,10). The molecule has 0 fully saturated rings. The molecule has 0 aliphatic carbocycles. The molecule has 0 saturated carbocycles. The van der Waals surface area contributed by atoms with Crippen LogP contribution in [0.15, 0.2) is 0 Å². The van der Waals surface area contributed by atoms with E-state index in [4.69, 9.17) is 10.8 Å². The molecular formula is C6H11NO3S. The topological polar surface area (TPSA) is 80.4 Å².